The van der Waals surface area contributed by atoms with Gasteiger partial charge in [-0.1, -0.05) is 30.3 Å². The van der Waals surface area contributed by atoms with E-state index in [1.807, 2.05) is 0 Å². The molecular weight excluding hydrogens is 232 g/mol. The highest BCUT2D eigenvalue weighted by atomic mass is 15.1. The first-order valence-corrected chi connectivity index (χ1v) is 7.62. The Hall–Kier alpha value is -0.860. The molecule has 0 saturated heterocycles. The Morgan fingerprint density at radius 1 is 1.11 bits per heavy atom. The maximum absolute atomic E-state index is 6.02. The third kappa shape index (κ3) is 4.32. The molecule has 2 nitrogen and oxygen atoms in total. The van der Waals surface area contributed by atoms with Crippen molar-refractivity contribution in [3.8, 4) is 0 Å². The van der Waals surface area contributed by atoms with Crippen LogP contribution in [-0.2, 0) is 6.42 Å². The Bertz CT molecular complexity index is 353. The fraction of sp³-hybridized carbons (Fsp3) is 0.647. The molecule has 1 aromatic rings. The number of aryl methyl sites for hydroxylation is 1. The van der Waals surface area contributed by atoms with Gasteiger partial charge in [0.1, 0.15) is 0 Å². The molecule has 1 saturated carbocycles. The van der Waals surface area contributed by atoms with E-state index in [0.29, 0.717) is 12.1 Å². The number of hydrogen-bond donors (Lipinski definition) is 1. The summed E-state index contributed by atoms with van der Waals surface area (Å²) in [5.41, 5.74) is 7.48. The van der Waals surface area contributed by atoms with Crippen molar-refractivity contribution in [3.05, 3.63) is 35.9 Å². The summed E-state index contributed by atoms with van der Waals surface area (Å²) in [4.78, 5) is 2.42. The van der Waals surface area contributed by atoms with Crippen molar-refractivity contribution in [1.29, 1.82) is 0 Å². The summed E-state index contributed by atoms with van der Waals surface area (Å²) in [6.07, 6.45) is 7.47. The van der Waals surface area contributed by atoms with Crippen LogP contribution in [0.5, 0.6) is 0 Å². The standard InChI is InChI=1S/C17H28N2/c1-19(2)17(15-9-11-16(18)12-10-15)13-8-14-6-4-3-5-7-14/h3-7,15-17H,8-13,18H2,1-2H3. The molecule has 1 fully saturated rings. The molecule has 0 bridgehead atoms. The lowest BCUT2D eigenvalue weighted by molar-refractivity contribution is 0.154. The van der Waals surface area contributed by atoms with Crippen molar-refractivity contribution < 1.29 is 0 Å². The van der Waals surface area contributed by atoms with Crippen LogP contribution < -0.4 is 5.73 Å². The normalized spacial score (nSPS) is 25.5. The largest absolute Gasteiger partial charge is 0.328 e. The topological polar surface area (TPSA) is 29.3 Å². The minimum absolute atomic E-state index is 0.452. The quantitative estimate of drug-likeness (QED) is 0.881. The van der Waals surface area contributed by atoms with Gasteiger partial charge in [-0.05, 0) is 64.1 Å². The molecule has 2 N–H and O–H groups in total. The fourth-order valence-corrected chi connectivity index (χ4v) is 3.40. The second kappa shape index (κ2) is 7.06. The van der Waals surface area contributed by atoms with E-state index in [4.69, 9.17) is 5.73 Å². The number of hydrogen-bond acceptors (Lipinski definition) is 2. The lowest BCUT2D eigenvalue weighted by Gasteiger charge is -2.36. The van der Waals surface area contributed by atoms with Gasteiger partial charge in [0.15, 0.2) is 0 Å². The summed E-state index contributed by atoms with van der Waals surface area (Å²) in [6.45, 7) is 0. The molecular formula is C17H28N2. The van der Waals surface area contributed by atoms with Crippen LogP contribution in [0.25, 0.3) is 0 Å². The van der Waals surface area contributed by atoms with Gasteiger partial charge >= 0.3 is 0 Å². The third-order valence-electron chi connectivity index (χ3n) is 4.60. The van der Waals surface area contributed by atoms with Crippen LogP contribution in [0.4, 0.5) is 0 Å². The molecule has 0 aliphatic heterocycles. The first-order chi connectivity index (χ1) is 9.16. The molecule has 2 heteroatoms. The molecule has 1 aliphatic rings. The molecule has 1 aromatic carbocycles. The van der Waals surface area contributed by atoms with E-state index in [0.717, 1.165) is 5.92 Å². The molecule has 106 valence electrons. The van der Waals surface area contributed by atoms with Crippen molar-refractivity contribution in [2.45, 2.75) is 50.6 Å². The minimum Gasteiger partial charge on any atom is -0.328 e. The molecule has 1 aliphatic carbocycles. The monoisotopic (exact) mass is 260 g/mol. The highest BCUT2D eigenvalue weighted by molar-refractivity contribution is 5.14. The Kier molecular flexibility index (Phi) is 5.41. The van der Waals surface area contributed by atoms with E-state index in [2.05, 4.69) is 49.3 Å². The van der Waals surface area contributed by atoms with Gasteiger partial charge in [-0.25, -0.2) is 0 Å². The van der Waals surface area contributed by atoms with Gasteiger partial charge in [-0.15, -0.1) is 0 Å². The fourth-order valence-electron chi connectivity index (χ4n) is 3.40. The zero-order valence-corrected chi connectivity index (χ0v) is 12.4. The number of rotatable bonds is 5. The Balaban J connectivity index is 1.89. The van der Waals surface area contributed by atoms with Crippen molar-refractivity contribution in [2.24, 2.45) is 11.7 Å². The highest BCUT2D eigenvalue weighted by Crippen LogP contribution is 2.30. The predicted octanol–water partition coefficient (Wildman–Crippen LogP) is 3.07. The SMILES string of the molecule is CN(C)C(CCc1ccccc1)C1CCC(N)CC1. The highest BCUT2D eigenvalue weighted by Gasteiger charge is 2.27. The van der Waals surface area contributed by atoms with E-state index in [-0.39, 0.29) is 0 Å². The van der Waals surface area contributed by atoms with Gasteiger partial charge in [0, 0.05) is 12.1 Å². The summed E-state index contributed by atoms with van der Waals surface area (Å²) in [5, 5.41) is 0. The van der Waals surface area contributed by atoms with Gasteiger partial charge in [-0.2, -0.15) is 0 Å². The molecule has 0 amide bonds. The maximum atomic E-state index is 6.02. The molecule has 0 radical (unpaired) electrons. The molecule has 0 heterocycles. The summed E-state index contributed by atoms with van der Waals surface area (Å²) < 4.78 is 0. The van der Waals surface area contributed by atoms with E-state index in [1.54, 1.807) is 0 Å². The third-order valence-corrected chi connectivity index (χ3v) is 4.60. The van der Waals surface area contributed by atoms with Crippen LogP contribution in [0.2, 0.25) is 0 Å². The van der Waals surface area contributed by atoms with Crippen LogP contribution in [0.3, 0.4) is 0 Å². The zero-order chi connectivity index (χ0) is 13.7. The second-order valence-corrected chi connectivity index (χ2v) is 6.23. The lowest BCUT2D eigenvalue weighted by atomic mass is 9.79. The Labute approximate surface area is 118 Å². The lowest BCUT2D eigenvalue weighted by Crippen LogP contribution is -2.39. The van der Waals surface area contributed by atoms with Gasteiger partial charge in [-0.3, -0.25) is 0 Å². The first kappa shape index (κ1) is 14.5. The van der Waals surface area contributed by atoms with Gasteiger partial charge < -0.3 is 10.6 Å². The van der Waals surface area contributed by atoms with Crippen molar-refractivity contribution in [3.63, 3.8) is 0 Å². The van der Waals surface area contributed by atoms with Crippen LogP contribution in [0.15, 0.2) is 30.3 Å². The van der Waals surface area contributed by atoms with Gasteiger partial charge in [0.05, 0.1) is 0 Å². The Morgan fingerprint density at radius 2 is 1.74 bits per heavy atom. The smallest absolute Gasteiger partial charge is 0.0121 e. The average molecular weight is 260 g/mol. The van der Waals surface area contributed by atoms with Crippen molar-refractivity contribution in [1.82, 2.24) is 4.90 Å². The summed E-state index contributed by atoms with van der Waals surface area (Å²) >= 11 is 0. The Morgan fingerprint density at radius 3 is 2.32 bits per heavy atom. The van der Waals surface area contributed by atoms with Gasteiger partial charge in [0.2, 0.25) is 0 Å². The number of nitrogens with two attached hydrogens (primary N) is 1. The van der Waals surface area contributed by atoms with Crippen LogP contribution in [-0.4, -0.2) is 31.1 Å². The van der Waals surface area contributed by atoms with Gasteiger partial charge in [0.25, 0.3) is 0 Å². The molecule has 0 spiro atoms. The number of benzene rings is 1. The van der Waals surface area contributed by atoms with Crippen LogP contribution in [0, 0.1) is 5.92 Å². The molecule has 1 atom stereocenters. The summed E-state index contributed by atoms with van der Waals surface area (Å²) in [7, 11) is 4.45. The maximum Gasteiger partial charge on any atom is 0.0121 e. The van der Waals surface area contributed by atoms with E-state index < -0.39 is 0 Å². The summed E-state index contributed by atoms with van der Waals surface area (Å²) in [5.74, 6) is 0.832. The van der Waals surface area contributed by atoms with Crippen molar-refractivity contribution >= 4 is 0 Å². The first-order valence-electron chi connectivity index (χ1n) is 7.62. The predicted molar refractivity (Wildman–Crippen MR) is 82.2 cm³/mol. The summed E-state index contributed by atoms with van der Waals surface area (Å²) in [6, 6.07) is 12.0. The van der Waals surface area contributed by atoms with Crippen LogP contribution >= 0.6 is 0 Å². The van der Waals surface area contributed by atoms with E-state index in [1.165, 1.54) is 44.1 Å². The van der Waals surface area contributed by atoms with Crippen LogP contribution in [0.1, 0.15) is 37.7 Å². The molecule has 0 aromatic heterocycles. The van der Waals surface area contributed by atoms with Crippen molar-refractivity contribution in [2.75, 3.05) is 14.1 Å². The average Bonchev–Trinajstić information content (AvgIpc) is 2.42. The van der Waals surface area contributed by atoms with E-state index >= 15 is 0 Å². The minimum atomic E-state index is 0.452. The zero-order valence-electron chi connectivity index (χ0n) is 12.4. The second-order valence-electron chi connectivity index (χ2n) is 6.23. The molecule has 1 unspecified atom stereocenters. The molecule has 19 heavy (non-hydrogen) atoms. The number of nitrogens with zero attached hydrogens (tertiary/aromatic N) is 1. The van der Waals surface area contributed by atoms with E-state index in [9.17, 15) is 0 Å². The molecule has 2 rings (SSSR count).